The highest BCUT2D eigenvalue weighted by Gasteiger charge is 2.27. The van der Waals surface area contributed by atoms with Crippen molar-refractivity contribution < 1.29 is 22.8 Å². The fourth-order valence-electron chi connectivity index (χ4n) is 2.67. The van der Waals surface area contributed by atoms with E-state index in [-0.39, 0.29) is 0 Å². The molecule has 0 bridgehead atoms. The summed E-state index contributed by atoms with van der Waals surface area (Å²) in [5.41, 5.74) is 3.29. The van der Waals surface area contributed by atoms with E-state index in [2.05, 4.69) is 15.5 Å². The van der Waals surface area contributed by atoms with Gasteiger partial charge in [0.05, 0.1) is 18.1 Å². The fraction of sp³-hybridized carbons (Fsp3) is 0.250. The summed E-state index contributed by atoms with van der Waals surface area (Å²) < 4.78 is 38.5. The molecule has 0 spiro atoms. The number of alkyl halides is 4. The minimum atomic E-state index is -4.48. The number of hydrogen-bond donors (Lipinski definition) is 2. The number of benzene rings is 1. The summed E-state index contributed by atoms with van der Waals surface area (Å²) in [6.07, 6.45) is 1.28. The SMILES string of the molecule is O=C(NCC(F)(F)F)Nc1cccc(-c2cnc3cc(C=NOCCCCl)ccn23)c1. The summed E-state index contributed by atoms with van der Waals surface area (Å²) in [5, 5.41) is 8.04. The Labute approximate surface area is 180 Å². The van der Waals surface area contributed by atoms with Gasteiger partial charge in [-0.2, -0.15) is 13.2 Å². The van der Waals surface area contributed by atoms with Crippen molar-refractivity contribution in [3.05, 3.63) is 54.4 Å². The van der Waals surface area contributed by atoms with E-state index in [4.69, 9.17) is 16.4 Å². The van der Waals surface area contributed by atoms with E-state index < -0.39 is 18.8 Å². The number of rotatable bonds is 8. The number of imidazole rings is 1. The highest BCUT2D eigenvalue weighted by atomic mass is 35.5. The molecule has 2 N–H and O–H groups in total. The van der Waals surface area contributed by atoms with E-state index in [0.717, 1.165) is 16.8 Å². The number of nitrogens with zero attached hydrogens (tertiary/aromatic N) is 3. The number of urea groups is 1. The van der Waals surface area contributed by atoms with Crippen LogP contribution in [0.2, 0.25) is 0 Å². The molecule has 0 aliphatic carbocycles. The molecule has 0 atom stereocenters. The Balaban J connectivity index is 1.72. The van der Waals surface area contributed by atoms with Crippen molar-refractivity contribution in [1.29, 1.82) is 0 Å². The Morgan fingerprint density at radius 3 is 2.90 bits per heavy atom. The van der Waals surface area contributed by atoms with Crippen molar-refractivity contribution >= 4 is 35.2 Å². The van der Waals surface area contributed by atoms with Gasteiger partial charge in [-0.15, -0.1) is 11.6 Å². The zero-order valence-electron chi connectivity index (χ0n) is 16.2. The molecule has 0 saturated heterocycles. The van der Waals surface area contributed by atoms with Crippen LogP contribution in [0.1, 0.15) is 12.0 Å². The van der Waals surface area contributed by atoms with Crippen molar-refractivity contribution in [3.63, 3.8) is 0 Å². The highest BCUT2D eigenvalue weighted by molar-refractivity contribution is 6.17. The van der Waals surface area contributed by atoms with Crippen LogP contribution in [0.15, 0.2) is 53.9 Å². The molecule has 164 valence electrons. The Bertz CT molecular complexity index is 1070. The molecule has 0 aliphatic rings. The summed E-state index contributed by atoms with van der Waals surface area (Å²) in [4.78, 5) is 21.2. The molecule has 0 unspecified atom stereocenters. The van der Waals surface area contributed by atoms with Crippen LogP contribution in [0.5, 0.6) is 0 Å². The van der Waals surface area contributed by atoms with Gasteiger partial charge in [0.2, 0.25) is 0 Å². The third kappa shape index (κ3) is 6.61. The first-order valence-corrected chi connectivity index (χ1v) is 9.79. The van der Waals surface area contributed by atoms with Crippen LogP contribution in [0.3, 0.4) is 0 Å². The minimum Gasteiger partial charge on any atom is -0.396 e. The Morgan fingerprint density at radius 1 is 1.29 bits per heavy atom. The molecule has 3 aromatic rings. The lowest BCUT2D eigenvalue weighted by molar-refractivity contribution is -0.122. The van der Waals surface area contributed by atoms with Crippen LogP contribution in [0, 0.1) is 0 Å². The number of halogens is 4. The first kappa shape index (κ1) is 22.4. The number of carbonyl (C=O) groups excluding carboxylic acids is 1. The number of hydrogen-bond acceptors (Lipinski definition) is 4. The molecule has 2 heterocycles. The van der Waals surface area contributed by atoms with Crippen LogP contribution in [0.25, 0.3) is 16.9 Å². The van der Waals surface area contributed by atoms with Crippen LogP contribution in [-0.2, 0) is 4.84 Å². The molecule has 0 fully saturated rings. The Kier molecular flexibility index (Phi) is 7.35. The van der Waals surface area contributed by atoms with Gasteiger partial charge in [0, 0.05) is 28.9 Å². The first-order valence-electron chi connectivity index (χ1n) is 9.26. The van der Waals surface area contributed by atoms with Gasteiger partial charge in [0.15, 0.2) is 0 Å². The van der Waals surface area contributed by atoms with Gasteiger partial charge < -0.3 is 15.5 Å². The summed E-state index contributed by atoms with van der Waals surface area (Å²) in [7, 11) is 0. The predicted octanol–water partition coefficient (Wildman–Crippen LogP) is 4.66. The van der Waals surface area contributed by atoms with Crippen LogP contribution in [-0.4, -0.2) is 46.8 Å². The Morgan fingerprint density at radius 2 is 2.13 bits per heavy atom. The number of aromatic nitrogens is 2. The number of carbonyl (C=O) groups is 1. The maximum atomic E-state index is 12.2. The number of amides is 2. The van der Waals surface area contributed by atoms with Gasteiger partial charge in [-0.3, -0.25) is 4.40 Å². The number of nitrogens with one attached hydrogen (secondary N) is 2. The van der Waals surface area contributed by atoms with Crippen LogP contribution in [0.4, 0.5) is 23.7 Å². The average molecular weight is 454 g/mol. The molecule has 2 amide bonds. The molecular formula is C20H19ClF3N5O2. The molecule has 2 aromatic heterocycles. The molecular weight excluding hydrogens is 435 g/mol. The largest absolute Gasteiger partial charge is 0.405 e. The second kappa shape index (κ2) is 10.2. The van der Waals surface area contributed by atoms with E-state index in [1.807, 2.05) is 28.8 Å². The fourth-order valence-corrected chi connectivity index (χ4v) is 2.78. The topological polar surface area (TPSA) is 80.0 Å². The van der Waals surface area contributed by atoms with Crippen molar-refractivity contribution in [2.24, 2.45) is 5.16 Å². The molecule has 3 rings (SSSR count). The maximum absolute atomic E-state index is 12.2. The van der Waals surface area contributed by atoms with Crippen molar-refractivity contribution in [2.75, 3.05) is 24.3 Å². The lowest BCUT2D eigenvalue weighted by Gasteiger charge is -2.10. The quantitative estimate of drug-likeness (QED) is 0.225. The zero-order valence-corrected chi connectivity index (χ0v) is 17.0. The second-order valence-corrected chi connectivity index (χ2v) is 6.82. The zero-order chi connectivity index (χ0) is 22.3. The standard InChI is InChI=1S/C20H19ClF3N5O2/c21-6-2-8-31-27-11-14-5-7-29-17(12-25-18(29)9-14)15-3-1-4-16(10-15)28-19(30)26-13-20(22,23)24/h1,3-5,7,9-12H,2,6,8,13H2,(H2,26,28,30). The number of oxime groups is 1. The van der Waals surface area contributed by atoms with E-state index in [1.54, 1.807) is 35.9 Å². The summed E-state index contributed by atoms with van der Waals surface area (Å²) in [5.74, 6) is 0.507. The van der Waals surface area contributed by atoms with Gasteiger partial charge >= 0.3 is 12.2 Å². The third-order valence-corrected chi connectivity index (χ3v) is 4.32. The van der Waals surface area contributed by atoms with Gasteiger partial charge in [0.25, 0.3) is 0 Å². The maximum Gasteiger partial charge on any atom is 0.405 e. The van der Waals surface area contributed by atoms with Crippen molar-refractivity contribution in [3.8, 4) is 11.3 Å². The van der Waals surface area contributed by atoms with Crippen molar-refractivity contribution in [1.82, 2.24) is 14.7 Å². The lowest BCUT2D eigenvalue weighted by atomic mass is 10.1. The average Bonchev–Trinajstić information content (AvgIpc) is 3.15. The van der Waals surface area contributed by atoms with E-state index in [0.29, 0.717) is 30.2 Å². The van der Waals surface area contributed by atoms with Gasteiger partial charge in [0.1, 0.15) is 18.8 Å². The molecule has 11 heteroatoms. The van der Waals surface area contributed by atoms with Gasteiger partial charge in [-0.05, 0) is 30.7 Å². The third-order valence-electron chi connectivity index (χ3n) is 4.05. The minimum absolute atomic E-state index is 0.352. The van der Waals surface area contributed by atoms with Crippen LogP contribution >= 0.6 is 11.6 Å². The number of anilines is 1. The summed E-state index contributed by atoms with van der Waals surface area (Å²) in [6.45, 7) is -0.969. The van der Waals surface area contributed by atoms with Crippen molar-refractivity contribution in [2.45, 2.75) is 12.6 Å². The lowest BCUT2D eigenvalue weighted by Crippen LogP contribution is -2.36. The van der Waals surface area contributed by atoms with Gasteiger partial charge in [-0.25, -0.2) is 9.78 Å². The molecule has 7 nitrogen and oxygen atoms in total. The molecule has 31 heavy (non-hydrogen) atoms. The highest BCUT2D eigenvalue weighted by Crippen LogP contribution is 2.24. The van der Waals surface area contributed by atoms with E-state index in [1.165, 1.54) is 0 Å². The molecule has 0 aliphatic heterocycles. The predicted molar refractivity (Wildman–Crippen MR) is 113 cm³/mol. The summed E-state index contributed by atoms with van der Waals surface area (Å²) in [6, 6.07) is 9.44. The summed E-state index contributed by atoms with van der Waals surface area (Å²) >= 11 is 5.57. The number of fused-ring (bicyclic) bond motifs is 1. The van der Waals surface area contributed by atoms with E-state index >= 15 is 0 Å². The molecule has 0 saturated carbocycles. The smallest absolute Gasteiger partial charge is 0.396 e. The normalized spacial score (nSPS) is 11.7. The first-order chi connectivity index (χ1) is 14.9. The molecule has 1 aromatic carbocycles. The van der Waals surface area contributed by atoms with Gasteiger partial charge in [-0.1, -0.05) is 17.3 Å². The number of pyridine rings is 1. The monoisotopic (exact) mass is 453 g/mol. The second-order valence-electron chi connectivity index (χ2n) is 6.45. The Hall–Kier alpha value is -3.27. The van der Waals surface area contributed by atoms with Crippen LogP contribution < -0.4 is 10.6 Å². The molecule has 0 radical (unpaired) electrons. The van der Waals surface area contributed by atoms with E-state index in [9.17, 15) is 18.0 Å².